The number of nitro groups is 1. The van der Waals surface area contributed by atoms with E-state index in [0.29, 0.717) is 17.3 Å². The maximum absolute atomic E-state index is 12.8. The molecule has 2 aromatic carbocycles. The Morgan fingerprint density at radius 2 is 1.72 bits per heavy atom. The molecule has 1 heterocycles. The Bertz CT molecular complexity index is 1250. The Labute approximate surface area is 183 Å². The van der Waals surface area contributed by atoms with E-state index in [0.717, 1.165) is 19.3 Å². The summed E-state index contributed by atoms with van der Waals surface area (Å²) in [5, 5.41) is 16.0. The van der Waals surface area contributed by atoms with Crippen molar-refractivity contribution < 1.29 is 14.5 Å². The molecule has 10 heteroatoms. The minimum atomic E-state index is -0.708. The molecule has 0 unspecified atom stereocenters. The van der Waals surface area contributed by atoms with Gasteiger partial charge in [0.1, 0.15) is 0 Å². The first-order chi connectivity index (χ1) is 15.3. The number of hydrazine groups is 1. The van der Waals surface area contributed by atoms with Crippen LogP contribution < -0.4 is 16.4 Å². The molecule has 0 saturated heterocycles. The van der Waals surface area contributed by atoms with Gasteiger partial charge in [-0.1, -0.05) is 44.0 Å². The molecule has 0 fully saturated rings. The Balaban J connectivity index is 1.86. The summed E-state index contributed by atoms with van der Waals surface area (Å²) < 4.78 is 1.26. The molecular weight excluding hydrogens is 414 g/mol. The van der Waals surface area contributed by atoms with Crippen molar-refractivity contribution in [1.29, 1.82) is 0 Å². The molecule has 0 bridgehead atoms. The summed E-state index contributed by atoms with van der Waals surface area (Å²) in [6.45, 7) is 3.87. The van der Waals surface area contributed by atoms with Crippen LogP contribution in [0.1, 0.15) is 52.6 Å². The predicted octanol–water partition coefficient (Wildman–Crippen LogP) is 2.88. The van der Waals surface area contributed by atoms with E-state index in [1.54, 1.807) is 24.3 Å². The van der Waals surface area contributed by atoms with Gasteiger partial charge >= 0.3 is 0 Å². The van der Waals surface area contributed by atoms with Crippen LogP contribution in [0.2, 0.25) is 0 Å². The van der Waals surface area contributed by atoms with Crippen LogP contribution in [0.4, 0.5) is 5.69 Å². The summed E-state index contributed by atoms with van der Waals surface area (Å²) in [7, 11) is 0. The molecule has 1 aromatic heterocycles. The van der Waals surface area contributed by atoms with E-state index in [9.17, 15) is 24.5 Å². The van der Waals surface area contributed by atoms with Crippen LogP contribution in [0, 0.1) is 17.0 Å². The van der Waals surface area contributed by atoms with Crippen LogP contribution in [0.5, 0.6) is 0 Å². The van der Waals surface area contributed by atoms with Gasteiger partial charge in [0.05, 0.1) is 15.9 Å². The molecule has 0 aliphatic carbocycles. The molecule has 3 aromatic rings. The lowest BCUT2D eigenvalue weighted by molar-refractivity contribution is -0.385. The Kier molecular flexibility index (Phi) is 6.93. The summed E-state index contributed by atoms with van der Waals surface area (Å²) in [4.78, 5) is 48.6. The fraction of sp³-hybridized carbons (Fsp3) is 0.273. The number of carbonyl (C=O) groups excluding carboxylic acids is 2. The van der Waals surface area contributed by atoms with Gasteiger partial charge in [-0.3, -0.25) is 35.3 Å². The number of hydrogen-bond donors (Lipinski definition) is 2. The average molecular weight is 437 g/mol. The van der Waals surface area contributed by atoms with Crippen LogP contribution in [-0.2, 0) is 6.54 Å². The molecule has 0 radical (unpaired) electrons. The highest BCUT2D eigenvalue weighted by Gasteiger charge is 2.20. The van der Waals surface area contributed by atoms with Crippen LogP contribution in [0.25, 0.3) is 10.8 Å². The van der Waals surface area contributed by atoms with Gasteiger partial charge in [0.25, 0.3) is 23.1 Å². The number of nitro benzene ring substituents is 1. The normalized spacial score (nSPS) is 10.7. The monoisotopic (exact) mass is 437 g/mol. The van der Waals surface area contributed by atoms with Crippen molar-refractivity contribution in [1.82, 2.24) is 20.6 Å². The van der Waals surface area contributed by atoms with Crippen molar-refractivity contribution >= 4 is 28.3 Å². The van der Waals surface area contributed by atoms with Crippen LogP contribution in [0.3, 0.4) is 0 Å². The number of nitrogens with zero attached hydrogens (tertiary/aromatic N) is 3. The summed E-state index contributed by atoms with van der Waals surface area (Å²) >= 11 is 0. The number of benzene rings is 2. The molecule has 0 atom stereocenters. The van der Waals surface area contributed by atoms with Crippen molar-refractivity contribution in [3.63, 3.8) is 0 Å². The maximum atomic E-state index is 12.8. The van der Waals surface area contributed by atoms with Gasteiger partial charge in [-0.15, -0.1) is 0 Å². The highest BCUT2D eigenvalue weighted by molar-refractivity contribution is 6.06. The van der Waals surface area contributed by atoms with Gasteiger partial charge in [0.2, 0.25) is 0 Å². The van der Waals surface area contributed by atoms with Crippen molar-refractivity contribution in [2.75, 3.05) is 0 Å². The lowest BCUT2D eigenvalue weighted by Gasteiger charge is -2.12. The van der Waals surface area contributed by atoms with Gasteiger partial charge in [-0.2, -0.15) is 5.10 Å². The van der Waals surface area contributed by atoms with Crippen molar-refractivity contribution in [3.05, 3.63) is 79.8 Å². The number of amides is 2. The maximum Gasteiger partial charge on any atom is 0.290 e. The largest absolute Gasteiger partial charge is 0.290 e. The fourth-order valence-corrected chi connectivity index (χ4v) is 3.37. The summed E-state index contributed by atoms with van der Waals surface area (Å²) in [6, 6.07) is 10.7. The standard InChI is InChI=1S/C22H23N5O5/c1-3-4-7-13-26-22(30)17-10-6-5-9-16(17)19(25-26)21(29)24-23-20(28)15-11-8-12-18(14(15)2)27(31)32/h5-6,8-12H,3-4,7,13H2,1-2H3,(H,23,28)(H,24,29). The number of fused-ring (bicyclic) bond motifs is 1. The Morgan fingerprint density at radius 1 is 1.03 bits per heavy atom. The van der Waals surface area contributed by atoms with Crippen molar-refractivity contribution in [2.24, 2.45) is 0 Å². The number of aryl methyl sites for hydroxylation is 1. The van der Waals surface area contributed by atoms with Gasteiger partial charge in [-0.25, -0.2) is 4.68 Å². The van der Waals surface area contributed by atoms with E-state index in [2.05, 4.69) is 16.0 Å². The average Bonchev–Trinajstić information content (AvgIpc) is 2.79. The molecule has 3 rings (SSSR count). The molecular formula is C22H23N5O5. The zero-order valence-electron chi connectivity index (χ0n) is 17.8. The first-order valence-electron chi connectivity index (χ1n) is 10.2. The lowest BCUT2D eigenvalue weighted by Crippen LogP contribution is -2.43. The second-order valence-corrected chi connectivity index (χ2v) is 7.24. The van der Waals surface area contributed by atoms with Gasteiger partial charge in [0.15, 0.2) is 5.69 Å². The zero-order valence-corrected chi connectivity index (χ0v) is 17.8. The molecule has 32 heavy (non-hydrogen) atoms. The SMILES string of the molecule is CCCCCn1nc(C(=O)NNC(=O)c2cccc([N+](=O)[O-])c2C)c2ccccc2c1=O. The molecule has 0 aliphatic rings. The zero-order chi connectivity index (χ0) is 23.3. The van der Waals surface area contributed by atoms with Gasteiger partial charge < -0.3 is 0 Å². The second-order valence-electron chi connectivity index (χ2n) is 7.24. The first kappa shape index (κ1) is 22.6. The predicted molar refractivity (Wildman–Crippen MR) is 118 cm³/mol. The van der Waals surface area contributed by atoms with Crippen LogP contribution in [0.15, 0.2) is 47.3 Å². The minimum absolute atomic E-state index is 0.00670. The second kappa shape index (κ2) is 9.82. The molecule has 166 valence electrons. The van der Waals surface area contributed by atoms with Gasteiger partial charge in [0, 0.05) is 23.6 Å². The smallest absolute Gasteiger partial charge is 0.267 e. The highest BCUT2D eigenvalue weighted by Crippen LogP contribution is 2.21. The van der Waals surface area contributed by atoms with Crippen molar-refractivity contribution in [3.8, 4) is 0 Å². The number of aromatic nitrogens is 2. The van der Waals surface area contributed by atoms with E-state index in [1.807, 2.05) is 6.92 Å². The molecule has 2 N–H and O–H groups in total. The highest BCUT2D eigenvalue weighted by atomic mass is 16.6. The number of carbonyl (C=O) groups is 2. The first-order valence-corrected chi connectivity index (χ1v) is 10.2. The lowest BCUT2D eigenvalue weighted by atomic mass is 10.1. The molecule has 0 aliphatic heterocycles. The third kappa shape index (κ3) is 4.64. The van der Waals surface area contributed by atoms with E-state index in [4.69, 9.17) is 0 Å². The Hall–Kier alpha value is -4.08. The third-order valence-corrected chi connectivity index (χ3v) is 5.09. The fourth-order valence-electron chi connectivity index (χ4n) is 3.37. The van der Waals surface area contributed by atoms with E-state index >= 15 is 0 Å². The van der Waals surface area contributed by atoms with Crippen LogP contribution >= 0.6 is 0 Å². The summed E-state index contributed by atoms with van der Waals surface area (Å²) in [6.07, 6.45) is 2.63. The number of unbranched alkanes of at least 4 members (excludes halogenated alkanes) is 2. The van der Waals surface area contributed by atoms with E-state index in [-0.39, 0.29) is 28.1 Å². The number of nitrogens with one attached hydrogen (secondary N) is 2. The molecule has 2 amide bonds. The topological polar surface area (TPSA) is 136 Å². The molecule has 10 nitrogen and oxygen atoms in total. The number of hydrogen-bond acceptors (Lipinski definition) is 6. The van der Waals surface area contributed by atoms with Gasteiger partial charge in [-0.05, 0) is 25.5 Å². The quantitative estimate of drug-likeness (QED) is 0.331. The van der Waals surface area contributed by atoms with E-state index in [1.165, 1.54) is 29.8 Å². The Morgan fingerprint density at radius 3 is 2.41 bits per heavy atom. The van der Waals surface area contributed by atoms with Crippen molar-refractivity contribution in [2.45, 2.75) is 39.7 Å². The number of rotatable bonds is 7. The molecule has 0 spiro atoms. The summed E-state index contributed by atoms with van der Waals surface area (Å²) in [5.41, 5.74) is 4.30. The van der Waals surface area contributed by atoms with Crippen LogP contribution in [-0.4, -0.2) is 26.5 Å². The minimum Gasteiger partial charge on any atom is -0.267 e. The van der Waals surface area contributed by atoms with E-state index < -0.39 is 16.7 Å². The summed E-state index contributed by atoms with van der Waals surface area (Å²) in [5.74, 6) is -1.41. The third-order valence-electron chi connectivity index (χ3n) is 5.09. The molecule has 0 saturated carbocycles.